The van der Waals surface area contributed by atoms with Crippen LogP contribution in [0.3, 0.4) is 0 Å². The van der Waals surface area contributed by atoms with Crippen LogP contribution in [0.25, 0.3) is 0 Å². The van der Waals surface area contributed by atoms with E-state index in [1.165, 1.54) is 24.6 Å². The second-order valence-corrected chi connectivity index (χ2v) is 5.97. The van der Waals surface area contributed by atoms with Gasteiger partial charge in [-0.2, -0.15) is 11.8 Å². The second kappa shape index (κ2) is 11.1. The molecule has 0 bridgehead atoms. The molecule has 0 radical (unpaired) electrons. The molecule has 0 aromatic heterocycles. The highest BCUT2D eigenvalue weighted by Crippen LogP contribution is 2.07. The molecule has 1 aliphatic heterocycles. The molecule has 0 aromatic carbocycles. The summed E-state index contributed by atoms with van der Waals surface area (Å²) in [5.41, 5.74) is 0. The van der Waals surface area contributed by atoms with Crippen molar-refractivity contribution in [2.24, 2.45) is 0 Å². The van der Waals surface area contributed by atoms with Gasteiger partial charge in [0.05, 0.1) is 12.7 Å². The minimum Gasteiger partial charge on any atom is -0.389 e. The van der Waals surface area contributed by atoms with E-state index < -0.39 is 0 Å². The maximum absolute atomic E-state index is 9.68. The van der Waals surface area contributed by atoms with Crippen LogP contribution in [0.2, 0.25) is 0 Å². The summed E-state index contributed by atoms with van der Waals surface area (Å²) in [4.78, 5) is 2.48. The van der Waals surface area contributed by atoms with Gasteiger partial charge >= 0.3 is 0 Å². The van der Waals surface area contributed by atoms with E-state index in [4.69, 9.17) is 4.74 Å². The van der Waals surface area contributed by atoms with Crippen LogP contribution >= 0.6 is 11.8 Å². The molecule has 5 heteroatoms. The minimum absolute atomic E-state index is 0.376. The van der Waals surface area contributed by atoms with Gasteiger partial charge in [0.1, 0.15) is 0 Å². The van der Waals surface area contributed by atoms with Crippen LogP contribution in [0.4, 0.5) is 0 Å². The van der Waals surface area contributed by atoms with Crippen LogP contribution in [0.5, 0.6) is 0 Å². The van der Waals surface area contributed by atoms with Crippen LogP contribution in [-0.2, 0) is 4.74 Å². The van der Waals surface area contributed by atoms with Crippen LogP contribution in [0.1, 0.15) is 19.8 Å². The number of hydrogen-bond acceptors (Lipinski definition) is 5. The average molecular weight is 276 g/mol. The van der Waals surface area contributed by atoms with Crippen molar-refractivity contribution in [1.29, 1.82) is 0 Å². The highest BCUT2D eigenvalue weighted by atomic mass is 32.2. The Morgan fingerprint density at radius 3 is 2.89 bits per heavy atom. The van der Waals surface area contributed by atoms with Gasteiger partial charge in [0.25, 0.3) is 0 Å². The Morgan fingerprint density at radius 1 is 1.39 bits per heavy atom. The summed E-state index contributed by atoms with van der Waals surface area (Å²) in [6.07, 6.45) is 1.84. The van der Waals surface area contributed by atoms with Gasteiger partial charge in [-0.1, -0.05) is 13.3 Å². The molecule has 1 fully saturated rings. The molecule has 0 amide bonds. The van der Waals surface area contributed by atoms with Gasteiger partial charge in [0, 0.05) is 50.8 Å². The number of ether oxygens (including phenoxy) is 1. The lowest BCUT2D eigenvalue weighted by Crippen LogP contribution is -2.40. The van der Waals surface area contributed by atoms with Crippen molar-refractivity contribution in [1.82, 2.24) is 10.2 Å². The number of hydrogen-bond donors (Lipinski definition) is 2. The number of rotatable bonds is 10. The first-order valence-corrected chi connectivity index (χ1v) is 8.25. The number of unbranched alkanes of at least 4 members (excludes halogenated alkanes) is 1. The van der Waals surface area contributed by atoms with Crippen molar-refractivity contribution < 1.29 is 9.84 Å². The first kappa shape index (κ1) is 16.2. The number of aliphatic hydroxyl groups is 1. The van der Waals surface area contributed by atoms with Crippen molar-refractivity contribution >= 4 is 11.8 Å². The van der Waals surface area contributed by atoms with Crippen LogP contribution in [0, 0.1) is 0 Å². The van der Waals surface area contributed by atoms with Gasteiger partial charge in [-0.15, -0.1) is 0 Å². The highest BCUT2D eigenvalue weighted by Gasteiger charge is 2.09. The number of thioether (sulfide) groups is 1. The zero-order valence-electron chi connectivity index (χ0n) is 11.6. The third-order valence-electron chi connectivity index (χ3n) is 3.04. The number of nitrogens with one attached hydrogen (secondary N) is 1. The fourth-order valence-electron chi connectivity index (χ4n) is 1.86. The molecule has 4 nitrogen and oxygen atoms in total. The van der Waals surface area contributed by atoms with E-state index in [0.29, 0.717) is 13.2 Å². The van der Waals surface area contributed by atoms with E-state index in [0.717, 1.165) is 32.5 Å². The summed E-state index contributed by atoms with van der Waals surface area (Å²) in [6, 6.07) is 0. The normalized spacial score (nSPS) is 19.0. The van der Waals surface area contributed by atoms with Crippen LogP contribution < -0.4 is 5.32 Å². The highest BCUT2D eigenvalue weighted by molar-refractivity contribution is 7.99. The molecule has 0 spiro atoms. The maximum atomic E-state index is 9.68. The molecule has 1 saturated heterocycles. The van der Waals surface area contributed by atoms with Gasteiger partial charge in [-0.3, -0.25) is 0 Å². The van der Waals surface area contributed by atoms with Gasteiger partial charge in [0.2, 0.25) is 0 Å². The van der Waals surface area contributed by atoms with E-state index in [1.807, 2.05) is 11.8 Å². The summed E-state index contributed by atoms with van der Waals surface area (Å²) in [7, 11) is 0. The molecule has 0 aliphatic carbocycles. The molecule has 108 valence electrons. The van der Waals surface area contributed by atoms with Crippen molar-refractivity contribution in [3.8, 4) is 0 Å². The summed E-state index contributed by atoms with van der Waals surface area (Å²) in [5.74, 6) is 2.52. The van der Waals surface area contributed by atoms with E-state index in [9.17, 15) is 5.11 Å². The zero-order chi connectivity index (χ0) is 13.1. The van der Waals surface area contributed by atoms with Crippen molar-refractivity contribution in [2.45, 2.75) is 25.9 Å². The molecule has 1 atom stereocenters. The summed E-state index contributed by atoms with van der Waals surface area (Å²) >= 11 is 2.04. The average Bonchev–Trinajstić information content (AvgIpc) is 2.41. The second-order valence-electron chi connectivity index (χ2n) is 4.74. The Kier molecular flexibility index (Phi) is 9.98. The first-order chi connectivity index (χ1) is 8.83. The Morgan fingerprint density at radius 2 is 2.17 bits per heavy atom. The monoisotopic (exact) mass is 276 g/mol. The van der Waals surface area contributed by atoms with E-state index >= 15 is 0 Å². The Bertz CT molecular complexity index is 190. The Balaban J connectivity index is 1.86. The lowest BCUT2D eigenvalue weighted by molar-refractivity contribution is 0.0357. The lowest BCUT2D eigenvalue weighted by atomic mass is 10.3. The lowest BCUT2D eigenvalue weighted by Gasteiger charge is -2.26. The molecular formula is C13H28N2O2S. The third-order valence-corrected chi connectivity index (χ3v) is 3.98. The third kappa shape index (κ3) is 8.32. The van der Waals surface area contributed by atoms with Crippen LogP contribution in [-0.4, -0.2) is 73.6 Å². The predicted octanol–water partition coefficient (Wildman–Crippen LogP) is 0.802. The molecule has 18 heavy (non-hydrogen) atoms. The van der Waals surface area contributed by atoms with Crippen molar-refractivity contribution in [3.05, 3.63) is 0 Å². The van der Waals surface area contributed by atoms with Crippen molar-refractivity contribution in [3.63, 3.8) is 0 Å². The quantitative estimate of drug-likeness (QED) is 0.578. The van der Waals surface area contributed by atoms with E-state index in [1.54, 1.807) is 0 Å². The van der Waals surface area contributed by atoms with Crippen LogP contribution in [0.15, 0.2) is 0 Å². The smallest absolute Gasteiger partial charge is 0.0897 e. The minimum atomic E-state index is -0.376. The number of nitrogens with zero attached hydrogens (tertiary/aromatic N) is 1. The maximum Gasteiger partial charge on any atom is 0.0897 e. The van der Waals surface area contributed by atoms with E-state index in [-0.39, 0.29) is 6.10 Å². The SMILES string of the molecule is CCCCOCC(O)CNCCN1CCSCC1. The van der Waals surface area contributed by atoms with Gasteiger partial charge in [-0.05, 0) is 6.42 Å². The molecule has 1 unspecified atom stereocenters. The topological polar surface area (TPSA) is 44.7 Å². The first-order valence-electron chi connectivity index (χ1n) is 7.09. The summed E-state index contributed by atoms with van der Waals surface area (Å²) in [5, 5.41) is 13.0. The Hall–Kier alpha value is 0.190. The van der Waals surface area contributed by atoms with Crippen molar-refractivity contribution in [2.75, 3.05) is 57.4 Å². The standard InChI is InChI=1S/C13H28N2O2S/c1-2-3-8-17-12-13(16)11-14-4-5-15-6-9-18-10-7-15/h13-14,16H,2-12H2,1H3. The predicted molar refractivity (Wildman–Crippen MR) is 78.4 cm³/mol. The van der Waals surface area contributed by atoms with Gasteiger partial charge < -0.3 is 20.1 Å². The molecular weight excluding hydrogens is 248 g/mol. The summed E-state index contributed by atoms with van der Waals surface area (Å²) in [6.45, 7) is 8.44. The Labute approximate surface area is 115 Å². The fourth-order valence-corrected chi connectivity index (χ4v) is 2.83. The zero-order valence-corrected chi connectivity index (χ0v) is 12.4. The van der Waals surface area contributed by atoms with E-state index in [2.05, 4.69) is 17.1 Å². The molecule has 1 aliphatic rings. The largest absolute Gasteiger partial charge is 0.389 e. The fraction of sp³-hybridized carbons (Fsp3) is 1.00. The molecule has 2 N–H and O–H groups in total. The number of aliphatic hydroxyl groups excluding tert-OH is 1. The molecule has 1 heterocycles. The van der Waals surface area contributed by atoms with Gasteiger partial charge in [0.15, 0.2) is 0 Å². The molecule has 1 rings (SSSR count). The molecule has 0 saturated carbocycles. The van der Waals surface area contributed by atoms with Gasteiger partial charge in [-0.25, -0.2) is 0 Å². The summed E-state index contributed by atoms with van der Waals surface area (Å²) < 4.78 is 5.38. The molecule has 0 aromatic rings.